The van der Waals surface area contributed by atoms with Crippen LogP contribution in [0.3, 0.4) is 0 Å². The van der Waals surface area contributed by atoms with Gasteiger partial charge in [-0.3, -0.25) is 4.99 Å². The van der Waals surface area contributed by atoms with Crippen LogP contribution in [0.2, 0.25) is 0 Å². The topological polar surface area (TPSA) is 78.9 Å². The number of hydrogen-bond acceptors (Lipinski definition) is 6. The monoisotopic (exact) mass is 383 g/mol. The van der Waals surface area contributed by atoms with Gasteiger partial charge in [-0.25, -0.2) is 9.78 Å². The lowest BCUT2D eigenvalue weighted by molar-refractivity contribution is 0.0531. The number of guanidine groups is 1. The van der Waals surface area contributed by atoms with Crippen LogP contribution in [0.25, 0.3) is 0 Å². The SMILES string of the molecule is CCCCN(C)CCNC(=NC)NC(C)c1nc(C)c(C(=O)OCC)s1. The average Bonchev–Trinajstić information content (AvgIpc) is 3.01. The van der Waals surface area contributed by atoms with Gasteiger partial charge >= 0.3 is 5.97 Å². The molecule has 1 rings (SSSR count). The number of esters is 1. The molecule has 8 heteroatoms. The van der Waals surface area contributed by atoms with Crippen molar-refractivity contribution in [2.75, 3.05) is 40.3 Å². The smallest absolute Gasteiger partial charge is 0.350 e. The van der Waals surface area contributed by atoms with Gasteiger partial charge in [-0.15, -0.1) is 11.3 Å². The number of nitrogens with zero attached hydrogens (tertiary/aromatic N) is 3. The molecular formula is C18H33N5O2S. The lowest BCUT2D eigenvalue weighted by atomic mass is 10.3. The molecule has 0 fully saturated rings. The summed E-state index contributed by atoms with van der Waals surface area (Å²) < 4.78 is 5.08. The first-order valence-electron chi connectivity index (χ1n) is 9.23. The molecule has 0 aromatic carbocycles. The van der Waals surface area contributed by atoms with Gasteiger partial charge in [0.05, 0.1) is 18.3 Å². The third-order valence-electron chi connectivity index (χ3n) is 3.90. The first kappa shape index (κ1) is 22.4. The third-order valence-corrected chi connectivity index (χ3v) is 5.22. The number of aliphatic imine (C=N–C) groups is 1. The van der Waals surface area contributed by atoms with Gasteiger partial charge in [-0.1, -0.05) is 13.3 Å². The number of carbonyl (C=O) groups is 1. The minimum Gasteiger partial charge on any atom is -0.462 e. The van der Waals surface area contributed by atoms with Crippen LogP contribution in [0.1, 0.15) is 60.0 Å². The van der Waals surface area contributed by atoms with Crippen LogP contribution in [0.5, 0.6) is 0 Å². The number of aryl methyl sites for hydroxylation is 1. The van der Waals surface area contributed by atoms with Crippen LogP contribution in [0, 0.1) is 6.92 Å². The van der Waals surface area contributed by atoms with Crippen molar-refractivity contribution in [1.29, 1.82) is 0 Å². The summed E-state index contributed by atoms with van der Waals surface area (Å²) in [5, 5.41) is 7.49. The number of aromatic nitrogens is 1. The van der Waals surface area contributed by atoms with Crippen LogP contribution in [-0.2, 0) is 4.74 Å². The average molecular weight is 384 g/mol. The Labute approximate surface area is 161 Å². The lowest BCUT2D eigenvalue weighted by Crippen LogP contribution is -2.42. The van der Waals surface area contributed by atoms with Crippen molar-refractivity contribution in [1.82, 2.24) is 20.5 Å². The minimum atomic E-state index is -0.307. The van der Waals surface area contributed by atoms with Crippen molar-refractivity contribution in [2.45, 2.75) is 46.6 Å². The van der Waals surface area contributed by atoms with E-state index in [0.29, 0.717) is 17.2 Å². The number of rotatable bonds is 10. The highest BCUT2D eigenvalue weighted by molar-refractivity contribution is 7.13. The predicted molar refractivity (Wildman–Crippen MR) is 108 cm³/mol. The second-order valence-corrected chi connectivity index (χ2v) is 7.24. The molecule has 0 aliphatic heterocycles. The molecular weight excluding hydrogens is 350 g/mol. The van der Waals surface area contributed by atoms with Gasteiger partial charge in [-0.05, 0) is 40.8 Å². The second-order valence-electron chi connectivity index (χ2n) is 6.21. The summed E-state index contributed by atoms with van der Waals surface area (Å²) in [6.45, 7) is 11.1. The standard InChI is InChI=1S/C18H33N5O2S/c1-7-9-11-23(6)12-10-20-18(19-5)22-14(4)16-21-13(3)15(26-16)17(24)25-8-2/h14H,7-12H2,1-6H3,(H2,19,20,22). The van der Waals surface area contributed by atoms with Gasteiger partial charge in [0.25, 0.3) is 0 Å². The lowest BCUT2D eigenvalue weighted by Gasteiger charge is -2.19. The van der Waals surface area contributed by atoms with Gasteiger partial charge in [0.2, 0.25) is 0 Å². The van der Waals surface area contributed by atoms with Gasteiger partial charge in [0.1, 0.15) is 9.88 Å². The molecule has 0 spiro atoms. The van der Waals surface area contributed by atoms with Gasteiger partial charge in [0.15, 0.2) is 5.96 Å². The van der Waals surface area contributed by atoms with Gasteiger partial charge in [-0.2, -0.15) is 0 Å². The fourth-order valence-electron chi connectivity index (χ4n) is 2.35. The third kappa shape index (κ3) is 7.29. The van der Waals surface area contributed by atoms with Crippen molar-refractivity contribution in [3.05, 3.63) is 15.6 Å². The summed E-state index contributed by atoms with van der Waals surface area (Å²) in [6.07, 6.45) is 2.42. The Morgan fingerprint density at radius 1 is 1.38 bits per heavy atom. The van der Waals surface area contributed by atoms with E-state index in [0.717, 1.165) is 30.6 Å². The molecule has 1 heterocycles. The van der Waals surface area contributed by atoms with E-state index < -0.39 is 0 Å². The summed E-state index contributed by atoms with van der Waals surface area (Å²) in [5.41, 5.74) is 0.706. The largest absolute Gasteiger partial charge is 0.462 e. The van der Waals surface area contributed by atoms with Crippen LogP contribution in [0.15, 0.2) is 4.99 Å². The highest BCUT2D eigenvalue weighted by Gasteiger charge is 2.20. The van der Waals surface area contributed by atoms with Gasteiger partial charge in [0, 0.05) is 20.1 Å². The van der Waals surface area contributed by atoms with E-state index in [2.05, 4.69) is 39.5 Å². The molecule has 0 aliphatic carbocycles. The molecule has 1 atom stereocenters. The normalized spacial score (nSPS) is 13.0. The molecule has 0 bridgehead atoms. The Hall–Kier alpha value is -1.67. The molecule has 1 unspecified atom stereocenters. The molecule has 7 nitrogen and oxygen atoms in total. The fourth-order valence-corrected chi connectivity index (χ4v) is 3.32. The molecule has 0 saturated heterocycles. The molecule has 0 aliphatic rings. The van der Waals surface area contributed by atoms with Crippen molar-refractivity contribution in [3.8, 4) is 0 Å². The maximum atomic E-state index is 11.9. The number of likely N-dealkylation sites (N-methyl/N-ethyl adjacent to an activating group) is 1. The van der Waals surface area contributed by atoms with E-state index in [1.54, 1.807) is 14.0 Å². The number of ether oxygens (including phenoxy) is 1. The highest BCUT2D eigenvalue weighted by Crippen LogP contribution is 2.24. The van der Waals surface area contributed by atoms with E-state index >= 15 is 0 Å². The fraction of sp³-hybridized carbons (Fsp3) is 0.722. The molecule has 0 saturated carbocycles. The van der Waals surface area contributed by atoms with Crippen LogP contribution >= 0.6 is 11.3 Å². The van der Waals surface area contributed by atoms with E-state index in [9.17, 15) is 4.79 Å². The van der Waals surface area contributed by atoms with Crippen LogP contribution in [0.4, 0.5) is 0 Å². The quantitative estimate of drug-likeness (QED) is 0.367. The van der Waals surface area contributed by atoms with E-state index in [-0.39, 0.29) is 12.0 Å². The first-order valence-corrected chi connectivity index (χ1v) is 10.0. The Morgan fingerprint density at radius 2 is 2.12 bits per heavy atom. The Kier molecular flexibility index (Phi) is 10.2. The van der Waals surface area contributed by atoms with Crippen LogP contribution in [-0.4, -0.2) is 62.1 Å². The van der Waals surface area contributed by atoms with Crippen molar-refractivity contribution in [2.24, 2.45) is 4.99 Å². The summed E-state index contributed by atoms with van der Waals surface area (Å²) in [6, 6.07) is -0.0501. The van der Waals surface area contributed by atoms with E-state index in [1.165, 1.54) is 24.2 Å². The highest BCUT2D eigenvalue weighted by atomic mass is 32.1. The Bertz CT molecular complexity index is 588. The molecule has 2 N–H and O–H groups in total. The number of hydrogen-bond donors (Lipinski definition) is 2. The summed E-state index contributed by atoms with van der Waals surface area (Å²) in [7, 11) is 3.88. The maximum Gasteiger partial charge on any atom is 0.350 e. The zero-order valence-corrected chi connectivity index (χ0v) is 17.7. The zero-order valence-electron chi connectivity index (χ0n) is 16.9. The first-order chi connectivity index (χ1) is 12.4. The molecule has 0 amide bonds. The van der Waals surface area contributed by atoms with E-state index in [4.69, 9.17) is 4.74 Å². The molecule has 1 aromatic heterocycles. The Morgan fingerprint density at radius 3 is 2.73 bits per heavy atom. The van der Waals surface area contributed by atoms with Crippen molar-refractivity contribution < 1.29 is 9.53 Å². The molecule has 0 radical (unpaired) electrons. The molecule has 26 heavy (non-hydrogen) atoms. The molecule has 148 valence electrons. The Balaban J connectivity index is 2.55. The van der Waals surface area contributed by atoms with Gasteiger partial charge < -0.3 is 20.3 Å². The minimum absolute atomic E-state index is 0.0501. The maximum absolute atomic E-state index is 11.9. The summed E-state index contributed by atoms with van der Waals surface area (Å²) in [5.74, 6) is 0.422. The predicted octanol–water partition coefficient (Wildman–Crippen LogP) is 2.59. The second kappa shape index (κ2) is 11.9. The molecule has 1 aromatic rings. The number of carbonyl (C=O) groups excluding carboxylic acids is 1. The van der Waals surface area contributed by atoms with Crippen molar-refractivity contribution >= 4 is 23.3 Å². The summed E-state index contributed by atoms with van der Waals surface area (Å²) >= 11 is 1.37. The number of thiazole rings is 1. The van der Waals surface area contributed by atoms with E-state index in [1.807, 2.05) is 13.8 Å². The summed E-state index contributed by atoms with van der Waals surface area (Å²) in [4.78, 5) is 23.6. The number of unbranched alkanes of at least 4 members (excludes halogenated alkanes) is 1. The zero-order chi connectivity index (χ0) is 19.5. The van der Waals surface area contributed by atoms with Crippen LogP contribution < -0.4 is 10.6 Å². The van der Waals surface area contributed by atoms with Crippen molar-refractivity contribution in [3.63, 3.8) is 0 Å². The number of nitrogens with one attached hydrogen (secondary N) is 2.